The first kappa shape index (κ1) is 23.2. The molecular formula is C24H32N4O2S. The highest BCUT2D eigenvalue weighted by atomic mass is 32.2. The summed E-state index contributed by atoms with van der Waals surface area (Å²) in [4.78, 5) is 0. The third-order valence-electron chi connectivity index (χ3n) is 5.43. The number of aromatic nitrogens is 3. The summed E-state index contributed by atoms with van der Waals surface area (Å²) in [5.41, 5.74) is 10.2. The number of nitrogens with two attached hydrogens (primary N) is 1. The van der Waals surface area contributed by atoms with E-state index in [4.69, 9.17) is 5.73 Å². The molecule has 3 aromatic rings. The summed E-state index contributed by atoms with van der Waals surface area (Å²) >= 11 is 0. The lowest BCUT2D eigenvalue weighted by Crippen LogP contribution is -2.20. The van der Waals surface area contributed by atoms with Crippen LogP contribution in [0, 0.1) is 6.92 Å². The normalized spacial score (nSPS) is 13.4. The van der Waals surface area contributed by atoms with Gasteiger partial charge < -0.3 is 5.73 Å². The van der Waals surface area contributed by atoms with Crippen molar-refractivity contribution in [1.82, 2.24) is 14.8 Å². The molecule has 2 aromatic carbocycles. The first-order chi connectivity index (χ1) is 14.5. The van der Waals surface area contributed by atoms with Crippen LogP contribution in [0.4, 0.5) is 0 Å². The predicted octanol–water partition coefficient (Wildman–Crippen LogP) is 4.32. The van der Waals surface area contributed by atoms with Gasteiger partial charge in [-0.1, -0.05) is 81.8 Å². The molecule has 7 heteroatoms. The maximum absolute atomic E-state index is 13.3. The van der Waals surface area contributed by atoms with Crippen molar-refractivity contribution in [3.8, 4) is 0 Å². The Balaban J connectivity index is 1.96. The van der Waals surface area contributed by atoms with Gasteiger partial charge >= 0.3 is 0 Å². The third kappa shape index (κ3) is 5.40. The van der Waals surface area contributed by atoms with E-state index in [2.05, 4.69) is 31.0 Å². The van der Waals surface area contributed by atoms with Crippen molar-refractivity contribution < 1.29 is 8.42 Å². The lowest BCUT2D eigenvalue weighted by molar-refractivity contribution is 0.549. The summed E-state index contributed by atoms with van der Waals surface area (Å²) in [5.74, 6) is 0.356. The summed E-state index contributed by atoms with van der Waals surface area (Å²) in [6.45, 7) is 10.7. The summed E-state index contributed by atoms with van der Waals surface area (Å²) < 4.78 is 28.3. The molecule has 2 N–H and O–H groups in total. The number of aryl methyl sites for hydroxylation is 1. The van der Waals surface area contributed by atoms with Gasteiger partial charge in [0.25, 0.3) is 0 Å². The zero-order valence-electron chi connectivity index (χ0n) is 19.0. The van der Waals surface area contributed by atoms with Gasteiger partial charge in [-0.2, -0.15) is 0 Å². The molecular weight excluding hydrogens is 408 g/mol. The average Bonchev–Trinajstić information content (AvgIpc) is 3.13. The van der Waals surface area contributed by atoms with Gasteiger partial charge in [0.2, 0.25) is 15.0 Å². The molecule has 166 valence electrons. The first-order valence-corrected chi connectivity index (χ1v) is 12.2. The van der Waals surface area contributed by atoms with E-state index >= 15 is 0 Å². The van der Waals surface area contributed by atoms with Gasteiger partial charge in [0, 0.05) is 0 Å². The van der Waals surface area contributed by atoms with E-state index in [-0.39, 0.29) is 22.4 Å². The highest BCUT2D eigenvalue weighted by Crippen LogP contribution is 2.25. The van der Waals surface area contributed by atoms with Crippen molar-refractivity contribution >= 4 is 9.84 Å². The van der Waals surface area contributed by atoms with Crippen molar-refractivity contribution in [3.05, 3.63) is 76.6 Å². The quantitative estimate of drug-likeness (QED) is 0.591. The molecule has 6 nitrogen and oxygen atoms in total. The number of hydrogen-bond donors (Lipinski definition) is 1. The van der Waals surface area contributed by atoms with Crippen LogP contribution in [0.2, 0.25) is 0 Å². The second-order valence-corrected chi connectivity index (χ2v) is 11.0. The molecule has 0 spiro atoms. The number of hydrogen-bond acceptors (Lipinski definition) is 5. The Hall–Kier alpha value is -2.51. The van der Waals surface area contributed by atoms with Crippen molar-refractivity contribution in [2.45, 2.75) is 70.0 Å². The lowest BCUT2D eigenvalue weighted by atomic mass is 9.87. The highest BCUT2D eigenvalue weighted by Gasteiger charge is 2.27. The van der Waals surface area contributed by atoms with Gasteiger partial charge in [-0.3, -0.25) is 4.57 Å². The summed E-state index contributed by atoms with van der Waals surface area (Å²) in [7, 11) is -3.71. The van der Waals surface area contributed by atoms with Gasteiger partial charge in [-0.25, -0.2) is 8.42 Å². The number of sulfone groups is 1. The number of benzene rings is 2. The van der Waals surface area contributed by atoms with Gasteiger partial charge in [-0.05, 0) is 35.4 Å². The van der Waals surface area contributed by atoms with Crippen molar-refractivity contribution in [2.75, 3.05) is 0 Å². The standard InChI is InChI=1S/C24H32N4O2S/c1-6-21(25)22-26-27-23(28(22)15-18-9-7-17(2)8-10-18)31(29,30)16-19-11-13-20(14-12-19)24(3,4)5/h7-14,21H,6,15-16,25H2,1-5H3. The fraction of sp³-hybridized carbons (Fsp3) is 0.417. The Morgan fingerprint density at radius 2 is 1.55 bits per heavy atom. The fourth-order valence-corrected chi connectivity index (χ4v) is 4.82. The number of rotatable bonds is 7. The van der Waals surface area contributed by atoms with E-state index in [1.165, 1.54) is 0 Å². The van der Waals surface area contributed by atoms with Crippen LogP contribution >= 0.6 is 0 Å². The van der Waals surface area contributed by atoms with E-state index in [0.29, 0.717) is 18.8 Å². The van der Waals surface area contributed by atoms with E-state index in [1.54, 1.807) is 4.57 Å². The van der Waals surface area contributed by atoms with Crippen LogP contribution in [0.25, 0.3) is 0 Å². The summed E-state index contributed by atoms with van der Waals surface area (Å²) in [5, 5.41) is 8.20. The summed E-state index contributed by atoms with van der Waals surface area (Å²) in [6.07, 6.45) is 0.639. The van der Waals surface area contributed by atoms with Crippen molar-refractivity contribution in [1.29, 1.82) is 0 Å². The van der Waals surface area contributed by atoms with Gasteiger partial charge in [0.1, 0.15) is 0 Å². The molecule has 0 aliphatic rings. The zero-order valence-corrected chi connectivity index (χ0v) is 19.8. The highest BCUT2D eigenvalue weighted by molar-refractivity contribution is 7.90. The van der Waals surface area contributed by atoms with Crippen molar-refractivity contribution in [2.24, 2.45) is 5.73 Å². The maximum atomic E-state index is 13.3. The van der Waals surface area contributed by atoms with E-state index in [0.717, 1.165) is 22.3 Å². The average molecular weight is 441 g/mol. The first-order valence-electron chi connectivity index (χ1n) is 10.6. The molecule has 1 heterocycles. The molecule has 0 bridgehead atoms. The molecule has 1 unspecified atom stereocenters. The number of nitrogens with zero attached hydrogens (tertiary/aromatic N) is 3. The molecule has 0 saturated heterocycles. The molecule has 3 rings (SSSR count). The van der Waals surface area contributed by atoms with Crippen LogP contribution in [-0.4, -0.2) is 23.2 Å². The monoisotopic (exact) mass is 440 g/mol. The Bertz CT molecular complexity index is 1130. The van der Waals surface area contributed by atoms with Crippen LogP contribution in [0.5, 0.6) is 0 Å². The van der Waals surface area contributed by atoms with E-state index in [9.17, 15) is 8.42 Å². The second kappa shape index (κ2) is 8.93. The fourth-order valence-electron chi connectivity index (χ4n) is 3.40. The molecule has 0 aliphatic carbocycles. The Morgan fingerprint density at radius 1 is 0.968 bits per heavy atom. The van der Waals surface area contributed by atoms with Gasteiger partial charge in [-0.15, -0.1) is 10.2 Å². The molecule has 0 aliphatic heterocycles. The maximum Gasteiger partial charge on any atom is 0.250 e. The topological polar surface area (TPSA) is 90.9 Å². The minimum atomic E-state index is -3.71. The van der Waals surface area contributed by atoms with E-state index < -0.39 is 9.84 Å². The van der Waals surface area contributed by atoms with Gasteiger partial charge in [0.05, 0.1) is 18.3 Å². The lowest BCUT2D eigenvalue weighted by Gasteiger charge is -2.19. The van der Waals surface area contributed by atoms with Crippen LogP contribution < -0.4 is 5.73 Å². The Kier molecular flexibility index (Phi) is 6.67. The minimum absolute atomic E-state index is 0.0107. The molecule has 0 amide bonds. The molecule has 1 aromatic heterocycles. The molecule has 0 saturated carbocycles. The van der Waals surface area contributed by atoms with Crippen LogP contribution in [0.3, 0.4) is 0 Å². The van der Waals surface area contributed by atoms with Gasteiger partial charge in [0.15, 0.2) is 5.82 Å². The Morgan fingerprint density at radius 3 is 2.10 bits per heavy atom. The molecule has 1 atom stereocenters. The SMILES string of the molecule is CCC(N)c1nnc(S(=O)(=O)Cc2ccc(C(C)(C)C)cc2)n1Cc1ccc(C)cc1. The second-order valence-electron chi connectivity index (χ2n) is 9.13. The largest absolute Gasteiger partial charge is 0.321 e. The summed E-state index contributed by atoms with van der Waals surface area (Å²) in [6, 6.07) is 15.3. The van der Waals surface area contributed by atoms with Crippen LogP contribution in [0.1, 0.15) is 68.2 Å². The molecule has 31 heavy (non-hydrogen) atoms. The van der Waals surface area contributed by atoms with Crippen LogP contribution in [0.15, 0.2) is 53.7 Å². The molecule has 0 fully saturated rings. The smallest absolute Gasteiger partial charge is 0.250 e. The molecule has 0 radical (unpaired) electrons. The van der Waals surface area contributed by atoms with Crippen molar-refractivity contribution in [3.63, 3.8) is 0 Å². The third-order valence-corrected chi connectivity index (χ3v) is 7.00. The predicted molar refractivity (Wildman–Crippen MR) is 124 cm³/mol. The van der Waals surface area contributed by atoms with Crippen LogP contribution in [-0.2, 0) is 27.5 Å². The Labute approximate surface area is 185 Å². The van der Waals surface area contributed by atoms with E-state index in [1.807, 2.05) is 62.4 Å². The zero-order chi connectivity index (χ0) is 22.8. The minimum Gasteiger partial charge on any atom is -0.321 e.